The van der Waals surface area contributed by atoms with E-state index < -0.39 is 22.8 Å². The summed E-state index contributed by atoms with van der Waals surface area (Å²) in [5.74, 6) is -1.81. The maximum absolute atomic E-state index is 12.9. The zero-order chi connectivity index (χ0) is 24.2. The first-order valence-electron chi connectivity index (χ1n) is 9.63. The van der Waals surface area contributed by atoms with Crippen molar-refractivity contribution in [2.75, 3.05) is 33.1 Å². The van der Waals surface area contributed by atoms with Gasteiger partial charge < -0.3 is 19.7 Å². The van der Waals surface area contributed by atoms with Gasteiger partial charge in [0.05, 0.1) is 29.1 Å². The van der Waals surface area contributed by atoms with Gasteiger partial charge in [0, 0.05) is 14.1 Å². The fourth-order valence-electron chi connectivity index (χ4n) is 2.69. The molecule has 0 saturated carbocycles. The number of esters is 1. The zero-order valence-corrected chi connectivity index (χ0v) is 19.4. The lowest BCUT2D eigenvalue weighted by Crippen LogP contribution is -2.24. The van der Waals surface area contributed by atoms with Crippen molar-refractivity contribution in [1.82, 2.24) is 14.7 Å². The normalized spacial score (nSPS) is 11.6. The van der Waals surface area contributed by atoms with Gasteiger partial charge in [0.25, 0.3) is 5.91 Å². The summed E-state index contributed by atoms with van der Waals surface area (Å²) in [5, 5.41) is 17.8. The summed E-state index contributed by atoms with van der Waals surface area (Å²) in [6.45, 7) is 5.12. The van der Waals surface area contributed by atoms with Gasteiger partial charge in [-0.15, -0.1) is 16.4 Å². The summed E-state index contributed by atoms with van der Waals surface area (Å²) in [4.78, 5) is 50.2. The summed E-state index contributed by atoms with van der Waals surface area (Å²) in [5.41, 5.74) is 0.106. The molecule has 2 aromatic rings. The number of ether oxygens (including phenoxy) is 2. The van der Waals surface area contributed by atoms with Crippen LogP contribution >= 0.6 is 11.3 Å². The van der Waals surface area contributed by atoms with E-state index in [1.54, 1.807) is 21.0 Å². The van der Waals surface area contributed by atoms with E-state index in [-0.39, 0.29) is 39.5 Å². The molecule has 1 N–H and O–H groups in total. The SMILES string of the molecule is CCCOC(=O)c1c(NC(=O)C(C)n2cc([N+](=O)[O-])c(OC)n2)sc(C(=O)N(C)C)c1C. The van der Waals surface area contributed by atoms with Crippen molar-refractivity contribution in [2.45, 2.75) is 33.2 Å². The summed E-state index contributed by atoms with van der Waals surface area (Å²) >= 11 is 0.956. The van der Waals surface area contributed by atoms with Crippen molar-refractivity contribution in [3.63, 3.8) is 0 Å². The number of hydrogen-bond donors (Lipinski definition) is 1. The monoisotopic (exact) mass is 467 g/mol. The van der Waals surface area contributed by atoms with Crippen LogP contribution in [-0.4, -0.2) is 65.2 Å². The van der Waals surface area contributed by atoms with E-state index in [9.17, 15) is 24.5 Å². The van der Waals surface area contributed by atoms with Crippen molar-refractivity contribution in [1.29, 1.82) is 0 Å². The van der Waals surface area contributed by atoms with Crippen molar-refractivity contribution in [3.05, 3.63) is 32.3 Å². The third-order valence-corrected chi connectivity index (χ3v) is 5.67. The van der Waals surface area contributed by atoms with Crippen LogP contribution in [0.4, 0.5) is 10.7 Å². The molecule has 0 aromatic carbocycles. The molecular formula is C19H25N5O7S. The van der Waals surface area contributed by atoms with E-state index in [1.165, 1.54) is 18.9 Å². The highest BCUT2D eigenvalue weighted by Gasteiger charge is 2.30. The molecule has 2 aromatic heterocycles. The number of hydrogen-bond acceptors (Lipinski definition) is 9. The second-order valence-corrected chi connectivity index (χ2v) is 8.04. The van der Waals surface area contributed by atoms with Gasteiger partial charge in [-0.25, -0.2) is 9.48 Å². The first kappa shape index (κ1) is 24.8. The Morgan fingerprint density at radius 2 is 2.03 bits per heavy atom. The van der Waals surface area contributed by atoms with Crippen LogP contribution in [0.2, 0.25) is 0 Å². The van der Waals surface area contributed by atoms with E-state index in [0.29, 0.717) is 12.0 Å². The fourth-order valence-corrected chi connectivity index (χ4v) is 3.91. The molecule has 0 spiro atoms. The average molecular weight is 468 g/mol. The van der Waals surface area contributed by atoms with E-state index in [2.05, 4.69) is 10.4 Å². The average Bonchev–Trinajstić information content (AvgIpc) is 3.32. The van der Waals surface area contributed by atoms with Gasteiger partial charge in [0.15, 0.2) is 0 Å². The topological polar surface area (TPSA) is 146 Å². The van der Waals surface area contributed by atoms with Crippen molar-refractivity contribution >= 4 is 39.8 Å². The van der Waals surface area contributed by atoms with Crippen LogP contribution in [0.15, 0.2) is 6.20 Å². The standard InChI is InChI=1S/C19H25N5O7S/c1-7-8-31-19(27)13-10(2)14(18(26)22(4)5)32-17(13)20-15(25)11(3)23-9-12(24(28)29)16(21-23)30-6/h9,11H,7-8H2,1-6H3,(H,20,25). The van der Waals surface area contributed by atoms with Crippen LogP contribution in [0.5, 0.6) is 5.88 Å². The molecule has 2 amide bonds. The van der Waals surface area contributed by atoms with Gasteiger partial charge in [-0.1, -0.05) is 6.92 Å². The fraction of sp³-hybridized carbons (Fsp3) is 0.474. The van der Waals surface area contributed by atoms with E-state index in [4.69, 9.17) is 9.47 Å². The maximum Gasteiger partial charge on any atom is 0.350 e. The predicted octanol–water partition coefficient (Wildman–Crippen LogP) is 2.64. The lowest BCUT2D eigenvalue weighted by Gasteiger charge is -2.12. The number of anilines is 1. The maximum atomic E-state index is 12.9. The minimum absolute atomic E-state index is 0.0956. The third-order valence-electron chi connectivity index (χ3n) is 4.47. The third kappa shape index (κ3) is 5.04. The van der Waals surface area contributed by atoms with Gasteiger partial charge in [-0.05, 0) is 25.8 Å². The zero-order valence-electron chi connectivity index (χ0n) is 18.6. The first-order chi connectivity index (χ1) is 15.0. The van der Waals surface area contributed by atoms with Crippen molar-refractivity contribution < 1.29 is 28.8 Å². The molecule has 12 nitrogen and oxygen atoms in total. The number of carbonyl (C=O) groups excluding carboxylic acids is 3. The molecule has 2 rings (SSSR count). The summed E-state index contributed by atoms with van der Waals surface area (Å²) in [6.07, 6.45) is 1.69. The molecule has 174 valence electrons. The Hall–Kier alpha value is -3.48. The number of carbonyl (C=O) groups is 3. The van der Waals surface area contributed by atoms with Crippen LogP contribution in [0.3, 0.4) is 0 Å². The number of rotatable bonds is 9. The first-order valence-corrected chi connectivity index (χ1v) is 10.5. The highest BCUT2D eigenvalue weighted by Crippen LogP contribution is 2.35. The van der Waals surface area contributed by atoms with Gasteiger partial charge >= 0.3 is 17.5 Å². The van der Waals surface area contributed by atoms with Gasteiger partial charge in [-0.2, -0.15) is 0 Å². The summed E-state index contributed by atoms with van der Waals surface area (Å²) < 4.78 is 11.2. The summed E-state index contributed by atoms with van der Waals surface area (Å²) in [7, 11) is 4.39. The lowest BCUT2D eigenvalue weighted by atomic mass is 10.1. The molecule has 0 aliphatic rings. The lowest BCUT2D eigenvalue weighted by molar-refractivity contribution is -0.385. The number of methoxy groups -OCH3 is 1. The predicted molar refractivity (Wildman–Crippen MR) is 116 cm³/mol. The molecule has 0 aliphatic heterocycles. The van der Waals surface area contributed by atoms with Gasteiger partial charge in [0.2, 0.25) is 5.91 Å². The Morgan fingerprint density at radius 1 is 1.38 bits per heavy atom. The number of nitrogens with one attached hydrogen (secondary N) is 1. The van der Waals surface area contributed by atoms with Gasteiger partial charge in [0.1, 0.15) is 17.2 Å². The molecule has 2 heterocycles. The Labute approximate surface area is 188 Å². The molecule has 32 heavy (non-hydrogen) atoms. The molecule has 0 aliphatic carbocycles. The minimum atomic E-state index is -0.979. The molecule has 0 bridgehead atoms. The Bertz CT molecular complexity index is 1040. The quantitative estimate of drug-likeness (QED) is 0.336. The molecule has 1 atom stereocenters. The van der Waals surface area contributed by atoms with Crippen LogP contribution in [-0.2, 0) is 9.53 Å². The molecule has 13 heteroatoms. The van der Waals surface area contributed by atoms with Gasteiger partial charge in [-0.3, -0.25) is 19.7 Å². The molecule has 1 unspecified atom stereocenters. The largest absolute Gasteiger partial charge is 0.475 e. The van der Waals surface area contributed by atoms with Crippen LogP contribution < -0.4 is 10.1 Å². The van der Waals surface area contributed by atoms with Crippen molar-refractivity contribution in [3.8, 4) is 5.88 Å². The second kappa shape index (κ2) is 10.2. The second-order valence-electron chi connectivity index (χ2n) is 7.02. The number of thiophene rings is 1. The molecule has 0 saturated heterocycles. The van der Waals surface area contributed by atoms with Crippen molar-refractivity contribution in [2.24, 2.45) is 0 Å². The molecular weight excluding hydrogens is 442 g/mol. The van der Waals surface area contributed by atoms with E-state index in [0.717, 1.165) is 22.2 Å². The highest BCUT2D eigenvalue weighted by molar-refractivity contribution is 7.18. The summed E-state index contributed by atoms with van der Waals surface area (Å²) in [6, 6.07) is -0.979. The van der Waals surface area contributed by atoms with E-state index >= 15 is 0 Å². The van der Waals surface area contributed by atoms with E-state index in [1.807, 2.05) is 6.92 Å². The molecule has 0 radical (unpaired) electrons. The number of amides is 2. The number of nitro groups is 1. The number of nitrogens with zero attached hydrogens (tertiary/aromatic N) is 4. The smallest absolute Gasteiger partial charge is 0.350 e. The molecule has 0 fully saturated rings. The minimum Gasteiger partial charge on any atom is -0.475 e. The van der Waals surface area contributed by atoms with Crippen LogP contribution in [0, 0.1) is 17.0 Å². The highest BCUT2D eigenvalue weighted by atomic mass is 32.1. The Morgan fingerprint density at radius 3 is 2.53 bits per heavy atom. The Kier molecular flexibility index (Phi) is 7.92. The number of aromatic nitrogens is 2. The Balaban J connectivity index is 2.40. The van der Waals surface area contributed by atoms with Crippen LogP contribution in [0.1, 0.15) is 51.9 Å². The van der Waals surface area contributed by atoms with Crippen LogP contribution in [0.25, 0.3) is 0 Å².